The lowest BCUT2D eigenvalue weighted by Gasteiger charge is -2.18. The van der Waals surface area contributed by atoms with Gasteiger partial charge < -0.3 is 18.6 Å². The molecule has 378 valence electrons. The van der Waals surface area contributed by atoms with Gasteiger partial charge in [-0.15, -0.1) is 0 Å². The summed E-state index contributed by atoms with van der Waals surface area (Å²) in [4.78, 5) is 43.3. The highest BCUT2D eigenvalue weighted by Crippen LogP contribution is 2.41. The molecule has 0 saturated carbocycles. The van der Waals surface area contributed by atoms with Gasteiger partial charge in [-0.05, 0) is 113 Å². The van der Waals surface area contributed by atoms with Crippen LogP contribution in [-0.2, 0) is 22.7 Å². The Morgan fingerprint density at radius 2 is 0.838 bits per heavy atom. The highest BCUT2D eigenvalue weighted by Gasteiger charge is 2.25. The van der Waals surface area contributed by atoms with Crippen LogP contribution < -0.4 is 0 Å². The Bertz CT molecular complexity index is 4650. The molecule has 0 aliphatic heterocycles. The predicted molar refractivity (Wildman–Crippen MR) is 311 cm³/mol. The van der Waals surface area contributed by atoms with Gasteiger partial charge in [0, 0.05) is 38.2 Å². The van der Waals surface area contributed by atoms with Crippen molar-refractivity contribution < 1.29 is 19.1 Å². The van der Waals surface area contributed by atoms with Gasteiger partial charge in [-0.2, -0.15) is 10.5 Å². The molecule has 0 aliphatic rings. The van der Waals surface area contributed by atoms with Crippen molar-refractivity contribution in [2.75, 3.05) is 0 Å². The summed E-state index contributed by atoms with van der Waals surface area (Å²) in [6.45, 7) is 0.280. The topological polar surface area (TPSA) is 149 Å². The molecule has 0 spiro atoms. The maximum absolute atomic E-state index is 13.7. The molecule has 11 nitrogen and oxygen atoms in total. The first-order valence-corrected chi connectivity index (χ1v) is 25.9. The van der Waals surface area contributed by atoms with Gasteiger partial charge in [-0.1, -0.05) is 146 Å². The minimum Gasteiger partial charge on any atom is -0.457 e. The van der Waals surface area contributed by atoms with E-state index >= 15 is 0 Å². The quantitative estimate of drug-likeness (QED) is 0.109. The summed E-state index contributed by atoms with van der Waals surface area (Å²) in [6, 6.07) is 79.9. The molecule has 0 radical (unpaired) electrons. The van der Waals surface area contributed by atoms with Crippen LogP contribution in [0.2, 0.25) is 0 Å². The standard InChI is InChI=1S/C69H43N7O4/c70-40-44-24-27-48(28-25-44)50-29-32-55(64(39-50)76-60-23-13-11-21-54(60)57-38-52(31-35-62(57)76)69(78)80-43-46-16-6-2-7-17-46)66-72-65(49-18-8-3-9-19-49)73-67(74-66)58-36-47(41-71)26-33-63(58)75-59-22-12-10-20-53(59)56-37-51(30-34-61(56)75)68(77)79-42-45-14-4-1-5-15-45/h1-39H,42-43H2. The number of rotatable bonds is 12. The number of nitrogens with zero attached hydrogens (tertiary/aromatic N) is 7. The lowest BCUT2D eigenvalue weighted by Crippen LogP contribution is -2.06. The lowest BCUT2D eigenvalue weighted by atomic mass is 10.00. The predicted octanol–water partition coefficient (Wildman–Crippen LogP) is 15.2. The van der Waals surface area contributed by atoms with Crippen LogP contribution in [0.4, 0.5) is 0 Å². The minimum absolute atomic E-state index is 0.138. The summed E-state index contributed by atoms with van der Waals surface area (Å²) in [5.74, 6) is 0.203. The van der Waals surface area contributed by atoms with E-state index in [0.717, 1.165) is 77.1 Å². The second kappa shape index (κ2) is 20.7. The Morgan fingerprint density at radius 1 is 0.375 bits per heavy atom. The van der Waals surface area contributed by atoms with E-state index in [9.17, 15) is 20.1 Å². The zero-order chi connectivity index (χ0) is 54.1. The van der Waals surface area contributed by atoms with E-state index in [-0.39, 0.29) is 13.2 Å². The van der Waals surface area contributed by atoms with Gasteiger partial charge in [-0.25, -0.2) is 24.5 Å². The third kappa shape index (κ3) is 9.03. The van der Waals surface area contributed by atoms with Gasteiger partial charge in [0.05, 0.1) is 67.8 Å². The minimum atomic E-state index is -0.438. The number of para-hydroxylation sites is 2. The fraction of sp³-hybridized carbons (Fsp3) is 0.0290. The molecule has 0 saturated heterocycles. The largest absolute Gasteiger partial charge is 0.457 e. The SMILES string of the molecule is N#Cc1ccc(-c2ccc(-c3nc(-c4ccccc4)nc(-c4cc(C#N)ccc4-n4c5ccccc5c5cc(C(=O)OCc6ccccc6)ccc54)n3)c(-n3c4ccccc4c4cc(C(=O)OCc5ccccc5)ccc43)c2)cc1. The van der Waals surface area contributed by atoms with Crippen LogP contribution in [0.3, 0.4) is 0 Å². The van der Waals surface area contributed by atoms with E-state index in [4.69, 9.17) is 24.4 Å². The highest BCUT2D eigenvalue weighted by atomic mass is 16.5. The molecule has 3 aromatic heterocycles. The molecule has 3 heterocycles. The number of carbonyl (C=O) groups excluding carboxylic acids is 2. The van der Waals surface area contributed by atoms with Gasteiger partial charge in [0.1, 0.15) is 13.2 Å². The second-order valence-corrected chi connectivity index (χ2v) is 19.2. The van der Waals surface area contributed by atoms with Gasteiger partial charge in [0.2, 0.25) is 0 Å². The molecule has 0 unspecified atom stereocenters. The van der Waals surface area contributed by atoms with Crippen LogP contribution >= 0.6 is 0 Å². The molecule has 0 aliphatic carbocycles. The summed E-state index contributed by atoms with van der Waals surface area (Å²) in [5, 5.41) is 23.7. The Labute approximate surface area is 459 Å². The molecule has 0 fully saturated rings. The average Bonchev–Trinajstić information content (AvgIpc) is 4.23. The first kappa shape index (κ1) is 48.4. The first-order valence-electron chi connectivity index (χ1n) is 25.9. The van der Waals surface area contributed by atoms with Crippen molar-refractivity contribution in [2.24, 2.45) is 0 Å². The number of carbonyl (C=O) groups is 2. The molecule has 0 N–H and O–H groups in total. The van der Waals surface area contributed by atoms with Crippen molar-refractivity contribution >= 4 is 55.6 Å². The van der Waals surface area contributed by atoms with Crippen LogP contribution in [0.5, 0.6) is 0 Å². The Balaban J connectivity index is 1.00. The van der Waals surface area contributed by atoms with E-state index in [2.05, 4.69) is 33.4 Å². The number of hydrogen-bond acceptors (Lipinski definition) is 9. The zero-order valence-corrected chi connectivity index (χ0v) is 42.7. The molecular weight excluding hydrogens is 991 g/mol. The van der Waals surface area contributed by atoms with E-state index in [0.29, 0.717) is 56.5 Å². The summed E-state index contributed by atoms with van der Waals surface area (Å²) in [7, 11) is 0. The number of aromatic nitrogens is 5. The van der Waals surface area contributed by atoms with Crippen molar-refractivity contribution in [1.29, 1.82) is 10.5 Å². The summed E-state index contributed by atoms with van der Waals surface area (Å²) < 4.78 is 15.9. The van der Waals surface area contributed by atoms with Crippen LogP contribution in [0, 0.1) is 22.7 Å². The molecular formula is C69H43N7O4. The van der Waals surface area contributed by atoms with Crippen LogP contribution in [0.25, 0.3) is 100 Å². The number of esters is 2. The Kier molecular flexibility index (Phi) is 12.5. The van der Waals surface area contributed by atoms with Crippen molar-refractivity contribution in [1.82, 2.24) is 24.1 Å². The smallest absolute Gasteiger partial charge is 0.338 e. The number of fused-ring (bicyclic) bond motifs is 6. The molecule has 10 aromatic carbocycles. The third-order valence-corrected chi connectivity index (χ3v) is 14.3. The number of benzene rings is 10. The third-order valence-electron chi connectivity index (χ3n) is 14.3. The monoisotopic (exact) mass is 1030 g/mol. The van der Waals surface area contributed by atoms with E-state index in [1.54, 1.807) is 30.3 Å². The van der Waals surface area contributed by atoms with E-state index in [1.807, 2.05) is 194 Å². The molecule has 13 aromatic rings. The Hall–Kier alpha value is -11.3. The molecule has 0 bridgehead atoms. The maximum atomic E-state index is 13.7. The van der Waals surface area contributed by atoms with Crippen molar-refractivity contribution in [3.05, 3.63) is 270 Å². The van der Waals surface area contributed by atoms with E-state index < -0.39 is 11.9 Å². The molecule has 80 heavy (non-hydrogen) atoms. The van der Waals surface area contributed by atoms with E-state index in [1.165, 1.54) is 0 Å². The maximum Gasteiger partial charge on any atom is 0.338 e. The zero-order valence-electron chi connectivity index (χ0n) is 42.7. The van der Waals surface area contributed by atoms with Gasteiger partial charge in [0.25, 0.3) is 0 Å². The molecule has 13 rings (SSSR count). The van der Waals surface area contributed by atoms with Gasteiger partial charge >= 0.3 is 11.9 Å². The Morgan fingerprint density at radius 3 is 1.40 bits per heavy atom. The number of nitriles is 2. The van der Waals surface area contributed by atoms with Crippen LogP contribution in [-0.4, -0.2) is 36.0 Å². The lowest BCUT2D eigenvalue weighted by molar-refractivity contribution is 0.0464. The average molecular weight is 1030 g/mol. The van der Waals surface area contributed by atoms with Crippen LogP contribution in [0.1, 0.15) is 43.0 Å². The van der Waals surface area contributed by atoms with Crippen LogP contribution in [0.15, 0.2) is 237 Å². The number of hydrogen-bond donors (Lipinski definition) is 0. The summed E-state index contributed by atoms with van der Waals surface area (Å²) >= 11 is 0. The van der Waals surface area contributed by atoms with Gasteiger partial charge in [0.15, 0.2) is 17.5 Å². The highest BCUT2D eigenvalue weighted by molar-refractivity contribution is 6.13. The van der Waals surface area contributed by atoms with Crippen molar-refractivity contribution in [3.8, 4) is 68.8 Å². The fourth-order valence-electron chi connectivity index (χ4n) is 10.5. The van der Waals surface area contributed by atoms with Crippen molar-refractivity contribution in [2.45, 2.75) is 13.2 Å². The molecule has 0 amide bonds. The second-order valence-electron chi connectivity index (χ2n) is 19.2. The summed E-state index contributed by atoms with van der Waals surface area (Å²) in [6.07, 6.45) is 0. The first-order chi connectivity index (χ1) is 39.4. The fourth-order valence-corrected chi connectivity index (χ4v) is 10.5. The van der Waals surface area contributed by atoms with Gasteiger partial charge in [-0.3, -0.25) is 0 Å². The summed E-state index contributed by atoms with van der Waals surface area (Å²) in [5.41, 5.74) is 12.1. The molecule has 11 heteroatoms. The normalized spacial score (nSPS) is 11.2. The molecule has 0 atom stereocenters. The van der Waals surface area contributed by atoms with Crippen molar-refractivity contribution in [3.63, 3.8) is 0 Å². The number of ether oxygens (including phenoxy) is 2.